The Hall–Kier alpha value is -2.80. The van der Waals surface area contributed by atoms with Crippen molar-refractivity contribution >= 4 is 23.4 Å². The largest absolute Gasteiger partial charge is 0.481 e. The van der Waals surface area contributed by atoms with Gasteiger partial charge < -0.3 is 10.1 Å². The van der Waals surface area contributed by atoms with E-state index in [1.54, 1.807) is 31.6 Å². The van der Waals surface area contributed by atoms with E-state index in [-0.39, 0.29) is 11.7 Å². The van der Waals surface area contributed by atoms with Gasteiger partial charge in [0.25, 0.3) is 0 Å². The third kappa shape index (κ3) is 4.43. The third-order valence-electron chi connectivity index (χ3n) is 3.65. The fraction of sp³-hybridized carbons (Fsp3) is 0.211. The molecular formula is C19H20N4O2S. The van der Waals surface area contributed by atoms with Crippen LogP contribution in [-0.2, 0) is 4.79 Å². The quantitative estimate of drug-likeness (QED) is 0.673. The second kappa shape index (κ2) is 8.05. The Bertz CT molecular complexity index is 886. The lowest BCUT2D eigenvalue weighted by atomic mass is 10.1. The van der Waals surface area contributed by atoms with Crippen molar-refractivity contribution in [2.75, 3.05) is 18.2 Å². The highest BCUT2D eigenvalue weighted by Gasteiger charge is 2.10. The number of pyridine rings is 1. The summed E-state index contributed by atoms with van der Waals surface area (Å²) in [5.41, 5.74) is 4.06. The molecule has 0 fully saturated rings. The molecule has 0 spiro atoms. The summed E-state index contributed by atoms with van der Waals surface area (Å²) in [4.78, 5) is 20.6. The maximum absolute atomic E-state index is 12.2. The molecule has 26 heavy (non-hydrogen) atoms. The van der Waals surface area contributed by atoms with E-state index in [1.165, 1.54) is 22.9 Å². The first-order chi connectivity index (χ1) is 12.5. The summed E-state index contributed by atoms with van der Waals surface area (Å²) < 4.78 is 7.00. The summed E-state index contributed by atoms with van der Waals surface area (Å²) in [6.07, 6.45) is 5.21. The van der Waals surface area contributed by atoms with Gasteiger partial charge in [-0.1, -0.05) is 17.8 Å². The van der Waals surface area contributed by atoms with Crippen molar-refractivity contribution in [2.24, 2.45) is 0 Å². The molecule has 0 atom stereocenters. The van der Waals surface area contributed by atoms with Gasteiger partial charge in [-0.05, 0) is 43.2 Å². The number of methoxy groups -OCH3 is 1. The number of aromatic nitrogens is 3. The highest BCUT2D eigenvalue weighted by Crippen LogP contribution is 2.22. The number of aryl methyl sites for hydroxylation is 2. The number of rotatable bonds is 6. The number of amides is 1. The van der Waals surface area contributed by atoms with Gasteiger partial charge in [0, 0.05) is 24.1 Å². The predicted octanol–water partition coefficient (Wildman–Crippen LogP) is 3.62. The third-order valence-corrected chi connectivity index (χ3v) is 4.62. The molecule has 134 valence electrons. The van der Waals surface area contributed by atoms with E-state index < -0.39 is 0 Å². The highest BCUT2D eigenvalue weighted by atomic mass is 32.2. The molecule has 0 unspecified atom stereocenters. The van der Waals surface area contributed by atoms with Crippen LogP contribution in [0, 0.1) is 13.8 Å². The minimum absolute atomic E-state index is 0.114. The molecule has 1 amide bonds. The Morgan fingerprint density at radius 3 is 2.62 bits per heavy atom. The first-order valence-corrected chi connectivity index (χ1v) is 9.08. The average Bonchev–Trinajstić information content (AvgIpc) is 3.08. The van der Waals surface area contributed by atoms with E-state index in [2.05, 4.69) is 47.3 Å². The van der Waals surface area contributed by atoms with Crippen molar-refractivity contribution in [3.05, 3.63) is 60.0 Å². The zero-order valence-electron chi connectivity index (χ0n) is 14.9. The monoisotopic (exact) mass is 368 g/mol. The van der Waals surface area contributed by atoms with E-state index in [0.717, 1.165) is 10.8 Å². The van der Waals surface area contributed by atoms with E-state index in [9.17, 15) is 4.79 Å². The van der Waals surface area contributed by atoms with Crippen LogP contribution in [0.15, 0.2) is 54.1 Å². The molecule has 0 bridgehead atoms. The number of benzene rings is 1. The summed E-state index contributed by atoms with van der Waals surface area (Å²) >= 11 is 1.39. The van der Waals surface area contributed by atoms with Crippen LogP contribution in [0.3, 0.4) is 0 Å². The Labute approximate surface area is 156 Å². The Kier molecular flexibility index (Phi) is 5.58. The molecule has 0 radical (unpaired) electrons. The summed E-state index contributed by atoms with van der Waals surface area (Å²) in [7, 11) is 1.55. The first-order valence-electron chi connectivity index (χ1n) is 8.10. The number of nitrogens with zero attached hydrogens (tertiary/aromatic N) is 3. The van der Waals surface area contributed by atoms with Gasteiger partial charge in [-0.15, -0.1) is 0 Å². The lowest BCUT2D eigenvalue weighted by Crippen LogP contribution is -2.14. The number of thioether (sulfide) groups is 1. The smallest absolute Gasteiger partial charge is 0.234 e. The van der Waals surface area contributed by atoms with Crippen LogP contribution in [0.2, 0.25) is 0 Å². The van der Waals surface area contributed by atoms with Crippen LogP contribution in [0.5, 0.6) is 5.88 Å². The molecule has 2 aromatic heterocycles. The van der Waals surface area contributed by atoms with E-state index >= 15 is 0 Å². The molecule has 0 aliphatic heterocycles. The minimum Gasteiger partial charge on any atom is -0.481 e. The fourth-order valence-electron chi connectivity index (χ4n) is 2.58. The average molecular weight is 368 g/mol. The molecular weight excluding hydrogens is 348 g/mol. The molecule has 2 heterocycles. The summed E-state index contributed by atoms with van der Waals surface area (Å²) in [5.74, 6) is 0.651. The van der Waals surface area contributed by atoms with Crippen LogP contribution >= 0.6 is 11.8 Å². The fourth-order valence-corrected chi connectivity index (χ4v) is 3.36. The molecule has 7 heteroatoms. The van der Waals surface area contributed by atoms with E-state index in [4.69, 9.17) is 4.74 Å². The van der Waals surface area contributed by atoms with Crippen molar-refractivity contribution in [1.82, 2.24) is 14.5 Å². The van der Waals surface area contributed by atoms with E-state index in [0.29, 0.717) is 11.6 Å². The zero-order chi connectivity index (χ0) is 18.5. The summed E-state index contributed by atoms with van der Waals surface area (Å²) in [6, 6.07) is 9.79. The van der Waals surface area contributed by atoms with Gasteiger partial charge in [0.15, 0.2) is 5.16 Å². The number of hydrogen-bond donors (Lipinski definition) is 1. The number of hydrogen-bond acceptors (Lipinski definition) is 5. The Balaban J connectivity index is 1.64. The van der Waals surface area contributed by atoms with Crippen LogP contribution in [0.1, 0.15) is 11.1 Å². The standard InChI is InChI=1S/C19H20N4O2S/c1-13-8-14(2)10-16(9-13)23-7-6-20-19(23)26-12-17(24)22-15-4-5-18(25-3)21-11-15/h4-11H,12H2,1-3H3,(H,22,24). The number of nitrogens with one attached hydrogen (secondary N) is 1. The number of imidazole rings is 1. The van der Waals surface area contributed by atoms with Crippen molar-refractivity contribution in [1.29, 1.82) is 0 Å². The van der Waals surface area contributed by atoms with Crippen molar-refractivity contribution < 1.29 is 9.53 Å². The normalized spacial score (nSPS) is 10.6. The lowest BCUT2D eigenvalue weighted by Gasteiger charge is -2.10. The Morgan fingerprint density at radius 2 is 1.96 bits per heavy atom. The van der Waals surface area contributed by atoms with Gasteiger partial charge in [0.05, 0.1) is 24.7 Å². The molecule has 3 aromatic rings. The van der Waals surface area contributed by atoms with Gasteiger partial charge in [-0.25, -0.2) is 9.97 Å². The molecule has 6 nitrogen and oxygen atoms in total. The molecule has 1 aromatic carbocycles. The van der Waals surface area contributed by atoms with Crippen LogP contribution < -0.4 is 10.1 Å². The van der Waals surface area contributed by atoms with Crippen molar-refractivity contribution in [3.63, 3.8) is 0 Å². The minimum atomic E-state index is -0.114. The van der Waals surface area contributed by atoms with Gasteiger partial charge in [0.2, 0.25) is 11.8 Å². The molecule has 1 N–H and O–H groups in total. The maximum atomic E-state index is 12.2. The lowest BCUT2D eigenvalue weighted by molar-refractivity contribution is -0.113. The summed E-state index contributed by atoms with van der Waals surface area (Å²) in [5, 5.41) is 3.59. The topological polar surface area (TPSA) is 69.0 Å². The molecule has 3 rings (SSSR count). The van der Waals surface area contributed by atoms with Crippen LogP contribution in [0.4, 0.5) is 5.69 Å². The van der Waals surface area contributed by atoms with Gasteiger partial charge in [-0.2, -0.15) is 0 Å². The Morgan fingerprint density at radius 1 is 1.19 bits per heavy atom. The van der Waals surface area contributed by atoms with Crippen molar-refractivity contribution in [2.45, 2.75) is 19.0 Å². The van der Waals surface area contributed by atoms with Gasteiger partial charge in [-0.3, -0.25) is 9.36 Å². The predicted molar refractivity (Wildman–Crippen MR) is 103 cm³/mol. The molecule has 0 saturated heterocycles. The number of anilines is 1. The zero-order valence-corrected chi connectivity index (χ0v) is 15.7. The van der Waals surface area contributed by atoms with E-state index in [1.807, 2.05) is 10.8 Å². The second-order valence-corrected chi connectivity index (χ2v) is 6.79. The molecule has 0 aliphatic rings. The van der Waals surface area contributed by atoms with Crippen molar-refractivity contribution in [3.8, 4) is 11.6 Å². The molecule has 0 aliphatic carbocycles. The van der Waals surface area contributed by atoms with Crippen LogP contribution in [0.25, 0.3) is 5.69 Å². The number of carbonyl (C=O) groups is 1. The SMILES string of the molecule is COc1ccc(NC(=O)CSc2nccn2-c2cc(C)cc(C)c2)cn1. The highest BCUT2D eigenvalue weighted by molar-refractivity contribution is 7.99. The molecule has 0 saturated carbocycles. The van der Waals surface area contributed by atoms with Gasteiger partial charge in [0.1, 0.15) is 0 Å². The maximum Gasteiger partial charge on any atom is 0.234 e. The first kappa shape index (κ1) is 18.0. The second-order valence-electron chi connectivity index (χ2n) is 5.85. The number of ether oxygens (including phenoxy) is 1. The van der Waals surface area contributed by atoms with Crippen LogP contribution in [-0.4, -0.2) is 33.3 Å². The number of carbonyl (C=O) groups excluding carboxylic acids is 1. The van der Waals surface area contributed by atoms with Gasteiger partial charge >= 0.3 is 0 Å². The summed E-state index contributed by atoms with van der Waals surface area (Å²) in [6.45, 7) is 4.13.